The summed E-state index contributed by atoms with van der Waals surface area (Å²) < 4.78 is 39.7. The van der Waals surface area contributed by atoms with Gasteiger partial charge in [0, 0.05) is 6.54 Å². The molecular formula is C13H19ClF3N3. The minimum atomic E-state index is -4.09. The molecule has 0 saturated heterocycles. The van der Waals surface area contributed by atoms with Crippen LogP contribution in [0.25, 0.3) is 0 Å². The Morgan fingerprint density at radius 1 is 1.40 bits per heavy atom. The maximum atomic E-state index is 12.7. The van der Waals surface area contributed by atoms with Crippen LogP contribution in [0.4, 0.5) is 13.2 Å². The van der Waals surface area contributed by atoms with Crippen LogP contribution >= 0.6 is 11.6 Å². The van der Waals surface area contributed by atoms with Gasteiger partial charge in [0.15, 0.2) is 0 Å². The summed E-state index contributed by atoms with van der Waals surface area (Å²) in [7, 11) is 0. The number of hydrogen-bond donors (Lipinski definition) is 1. The molecule has 0 spiro atoms. The Bertz CT molecular complexity index is 450. The lowest BCUT2D eigenvalue weighted by molar-refractivity contribution is -0.184. The molecule has 1 aliphatic carbocycles. The number of hydrogen-bond acceptors (Lipinski definition) is 2. The van der Waals surface area contributed by atoms with Crippen LogP contribution in [0.1, 0.15) is 44.3 Å². The number of nitrogens with zero attached hydrogens (tertiary/aromatic N) is 2. The van der Waals surface area contributed by atoms with Crippen molar-refractivity contribution in [2.75, 3.05) is 0 Å². The molecule has 1 aliphatic rings. The van der Waals surface area contributed by atoms with E-state index in [1.54, 1.807) is 10.9 Å². The lowest BCUT2D eigenvalue weighted by Crippen LogP contribution is -2.32. The Morgan fingerprint density at radius 3 is 2.50 bits per heavy atom. The van der Waals surface area contributed by atoms with Crippen LogP contribution in [0.2, 0.25) is 5.02 Å². The quantitative estimate of drug-likeness (QED) is 0.919. The molecule has 0 amide bonds. The summed E-state index contributed by atoms with van der Waals surface area (Å²) in [5.41, 5.74) is 6.96. The van der Waals surface area contributed by atoms with Crippen molar-refractivity contribution in [2.24, 2.45) is 17.6 Å². The zero-order valence-corrected chi connectivity index (χ0v) is 12.1. The van der Waals surface area contributed by atoms with E-state index in [4.69, 9.17) is 17.3 Å². The van der Waals surface area contributed by atoms with Gasteiger partial charge in [-0.05, 0) is 38.5 Å². The van der Waals surface area contributed by atoms with Gasteiger partial charge in [-0.25, -0.2) is 0 Å². The summed E-state index contributed by atoms with van der Waals surface area (Å²) in [6.07, 6.45) is -1.27. The number of nitrogens with two attached hydrogens (primary N) is 1. The maximum Gasteiger partial charge on any atom is 0.391 e. The van der Waals surface area contributed by atoms with E-state index in [0.717, 1.165) is 5.69 Å². The first-order valence-electron chi connectivity index (χ1n) is 6.88. The monoisotopic (exact) mass is 309 g/mol. The molecule has 1 aromatic heterocycles. The molecule has 3 nitrogen and oxygen atoms in total. The number of halogens is 4. The molecule has 0 bridgehead atoms. The van der Waals surface area contributed by atoms with E-state index in [1.165, 1.54) is 0 Å². The third-order valence-electron chi connectivity index (χ3n) is 4.19. The fourth-order valence-corrected chi connectivity index (χ4v) is 3.25. The molecule has 1 fully saturated rings. The standard InChI is InChI=1S/C13H19ClF3N3/c1-2-20-12(10(14)7-19-20)11(18)8-3-5-9(6-4-8)13(15,16)17/h7-9,11H,2-6,18H2,1H3. The van der Waals surface area contributed by atoms with Gasteiger partial charge in [0.1, 0.15) is 0 Å². The Hall–Kier alpha value is -0.750. The largest absolute Gasteiger partial charge is 0.391 e. The predicted molar refractivity (Wildman–Crippen MR) is 71.3 cm³/mol. The zero-order valence-electron chi connectivity index (χ0n) is 11.3. The minimum absolute atomic E-state index is 0.0353. The van der Waals surface area contributed by atoms with Crippen molar-refractivity contribution < 1.29 is 13.2 Å². The molecule has 0 aliphatic heterocycles. The topological polar surface area (TPSA) is 43.8 Å². The van der Waals surface area contributed by atoms with Crippen LogP contribution in [-0.4, -0.2) is 16.0 Å². The maximum absolute atomic E-state index is 12.7. The van der Waals surface area contributed by atoms with Crippen LogP contribution in [-0.2, 0) is 6.54 Å². The van der Waals surface area contributed by atoms with Crippen molar-refractivity contribution in [3.8, 4) is 0 Å². The normalized spacial score (nSPS) is 25.7. The Kier molecular flexibility index (Phi) is 4.64. The number of aromatic nitrogens is 2. The first-order chi connectivity index (χ1) is 9.34. The molecule has 1 saturated carbocycles. The lowest BCUT2D eigenvalue weighted by atomic mass is 9.77. The average molecular weight is 310 g/mol. The smallest absolute Gasteiger partial charge is 0.322 e. The molecular weight excluding hydrogens is 291 g/mol. The van der Waals surface area contributed by atoms with Crippen LogP contribution in [0.5, 0.6) is 0 Å². The molecule has 1 unspecified atom stereocenters. The number of aryl methyl sites for hydroxylation is 1. The molecule has 1 atom stereocenters. The summed E-state index contributed by atoms with van der Waals surface area (Å²) in [6, 6.07) is -0.348. The molecule has 114 valence electrons. The Morgan fingerprint density at radius 2 is 2.00 bits per heavy atom. The van der Waals surface area contributed by atoms with Crippen molar-refractivity contribution in [3.05, 3.63) is 16.9 Å². The number of rotatable bonds is 3. The zero-order chi connectivity index (χ0) is 14.9. The molecule has 7 heteroatoms. The van der Waals surface area contributed by atoms with Gasteiger partial charge in [-0.1, -0.05) is 11.6 Å². The summed E-state index contributed by atoms with van der Waals surface area (Å²) in [6.45, 7) is 2.58. The Labute approximate surface area is 121 Å². The second-order valence-electron chi connectivity index (χ2n) is 5.37. The highest BCUT2D eigenvalue weighted by atomic mass is 35.5. The van der Waals surface area contributed by atoms with Gasteiger partial charge in [-0.2, -0.15) is 18.3 Å². The highest BCUT2D eigenvalue weighted by Crippen LogP contribution is 2.43. The molecule has 0 aromatic carbocycles. The predicted octanol–water partition coefficient (Wildman–Crippen LogP) is 3.92. The highest BCUT2D eigenvalue weighted by Gasteiger charge is 2.42. The molecule has 1 heterocycles. The van der Waals surface area contributed by atoms with Gasteiger partial charge < -0.3 is 5.73 Å². The van der Waals surface area contributed by atoms with Gasteiger partial charge in [0.05, 0.1) is 28.9 Å². The molecule has 20 heavy (non-hydrogen) atoms. The second kappa shape index (κ2) is 5.93. The van der Waals surface area contributed by atoms with E-state index in [1.807, 2.05) is 6.92 Å². The van der Waals surface area contributed by atoms with Crippen LogP contribution in [0.15, 0.2) is 6.20 Å². The summed E-state index contributed by atoms with van der Waals surface area (Å²) >= 11 is 6.10. The van der Waals surface area contributed by atoms with Crippen LogP contribution < -0.4 is 5.73 Å². The SMILES string of the molecule is CCn1ncc(Cl)c1C(N)C1CCC(C(F)(F)F)CC1. The van der Waals surface area contributed by atoms with Crippen molar-refractivity contribution >= 4 is 11.6 Å². The third-order valence-corrected chi connectivity index (χ3v) is 4.48. The van der Waals surface area contributed by atoms with E-state index in [-0.39, 0.29) is 24.8 Å². The third kappa shape index (κ3) is 3.11. The van der Waals surface area contributed by atoms with Gasteiger partial charge in [0.25, 0.3) is 0 Å². The van der Waals surface area contributed by atoms with Crippen LogP contribution in [0.3, 0.4) is 0 Å². The second-order valence-corrected chi connectivity index (χ2v) is 5.78. The first kappa shape index (κ1) is 15.6. The highest BCUT2D eigenvalue weighted by molar-refractivity contribution is 6.31. The molecule has 2 N–H and O–H groups in total. The average Bonchev–Trinajstić information content (AvgIpc) is 2.78. The number of alkyl halides is 3. The summed E-state index contributed by atoms with van der Waals surface area (Å²) in [5.74, 6) is -1.15. The van der Waals surface area contributed by atoms with Gasteiger partial charge in [-0.3, -0.25) is 4.68 Å². The fraction of sp³-hybridized carbons (Fsp3) is 0.769. The van der Waals surface area contributed by atoms with Gasteiger partial charge in [0.2, 0.25) is 0 Å². The van der Waals surface area contributed by atoms with E-state index in [9.17, 15) is 13.2 Å². The van der Waals surface area contributed by atoms with E-state index in [0.29, 0.717) is 24.4 Å². The molecule has 0 radical (unpaired) electrons. The fourth-order valence-electron chi connectivity index (χ4n) is 2.98. The van der Waals surface area contributed by atoms with E-state index < -0.39 is 12.1 Å². The van der Waals surface area contributed by atoms with Crippen LogP contribution in [0, 0.1) is 11.8 Å². The first-order valence-corrected chi connectivity index (χ1v) is 7.25. The van der Waals surface area contributed by atoms with Gasteiger partial charge in [-0.15, -0.1) is 0 Å². The van der Waals surface area contributed by atoms with Crippen molar-refractivity contribution in [1.82, 2.24) is 9.78 Å². The van der Waals surface area contributed by atoms with E-state index >= 15 is 0 Å². The summed E-state index contributed by atoms with van der Waals surface area (Å²) in [5, 5.41) is 4.63. The molecule has 1 aromatic rings. The molecule has 2 rings (SSSR count). The van der Waals surface area contributed by atoms with Gasteiger partial charge >= 0.3 is 6.18 Å². The summed E-state index contributed by atoms with van der Waals surface area (Å²) in [4.78, 5) is 0. The van der Waals surface area contributed by atoms with E-state index in [2.05, 4.69) is 5.10 Å². The van der Waals surface area contributed by atoms with Crippen molar-refractivity contribution in [1.29, 1.82) is 0 Å². The lowest BCUT2D eigenvalue weighted by Gasteiger charge is -2.33. The minimum Gasteiger partial charge on any atom is -0.322 e. The Balaban J connectivity index is 2.05. The van der Waals surface area contributed by atoms with Crippen molar-refractivity contribution in [3.63, 3.8) is 0 Å². The van der Waals surface area contributed by atoms with Crippen molar-refractivity contribution in [2.45, 2.75) is 51.4 Å².